The Hall–Kier alpha value is -1.67. The van der Waals surface area contributed by atoms with Crippen molar-refractivity contribution in [2.45, 2.75) is 24.8 Å². The first-order valence-electron chi connectivity index (χ1n) is 8.39. The van der Waals surface area contributed by atoms with E-state index in [1.807, 2.05) is 20.0 Å². The molecular weight excluding hydrogens is 374 g/mol. The van der Waals surface area contributed by atoms with Gasteiger partial charge in [-0.05, 0) is 37.6 Å². The molecule has 0 spiro atoms. The van der Waals surface area contributed by atoms with Crippen LogP contribution in [0.3, 0.4) is 0 Å². The molecule has 2 N–H and O–H groups in total. The topological polar surface area (TPSA) is 82.5 Å². The summed E-state index contributed by atoms with van der Waals surface area (Å²) in [6, 6.07) is 8.79. The van der Waals surface area contributed by atoms with Crippen molar-refractivity contribution in [1.29, 1.82) is 0 Å². The number of anilines is 1. The molecule has 0 bridgehead atoms. The molecule has 1 aromatic carbocycles. The number of halogens is 1. The predicted octanol–water partition coefficient (Wildman–Crippen LogP) is 2.69. The maximum atomic E-state index is 10.5. The van der Waals surface area contributed by atoms with Crippen LogP contribution < -0.4 is 10.2 Å². The zero-order valence-corrected chi connectivity index (χ0v) is 16.3. The largest absolute Gasteiger partial charge is 0.365 e. The number of nitrogens with zero attached hydrogens (tertiary/aromatic N) is 2. The van der Waals surface area contributed by atoms with E-state index in [-0.39, 0.29) is 4.90 Å². The maximum absolute atomic E-state index is 10.5. The SMILES string of the molecule is Cc1cc(N2C[C@@H]3CNC[C@@H]32)cnc1Cl.Cc1ccc(S(=O)(=O)O)cc1. The third kappa shape index (κ3) is 4.17. The molecule has 6 nitrogen and oxygen atoms in total. The average Bonchev–Trinajstić information content (AvgIpc) is 2.92. The van der Waals surface area contributed by atoms with E-state index in [0.29, 0.717) is 11.2 Å². The Kier molecular flexibility index (Phi) is 5.53. The molecule has 140 valence electrons. The van der Waals surface area contributed by atoms with Crippen molar-refractivity contribution in [3.05, 3.63) is 52.8 Å². The van der Waals surface area contributed by atoms with Crippen LogP contribution in [0.2, 0.25) is 5.15 Å². The maximum Gasteiger partial charge on any atom is 0.294 e. The van der Waals surface area contributed by atoms with Gasteiger partial charge in [0, 0.05) is 31.6 Å². The van der Waals surface area contributed by atoms with E-state index in [1.165, 1.54) is 24.4 Å². The summed E-state index contributed by atoms with van der Waals surface area (Å²) in [5, 5.41) is 4.03. The van der Waals surface area contributed by atoms with E-state index in [1.54, 1.807) is 12.1 Å². The molecule has 3 heterocycles. The van der Waals surface area contributed by atoms with Gasteiger partial charge in [0.2, 0.25) is 0 Å². The van der Waals surface area contributed by atoms with Gasteiger partial charge in [0.25, 0.3) is 10.1 Å². The Bertz CT molecular complexity index is 887. The molecule has 2 aliphatic heterocycles. The van der Waals surface area contributed by atoms with Gasteiger partial charge in [-0.3, -0.25) is 4.55 Å². The smallest absolute Gasteiger partial charge is 0.294 e. The molecule has 4 rings (SSSR count). The summed E-state index contributed by atoms with van der Waals surface area (Å²) in [6.07, 6.45) is 1.88. The number of pyridine rings is 1. The number of hydrogen-bond acceptors (Lipinski definition) is 5. The highest BCUT2D eigenvalue weighted by Crippen LogP contribution is 2.33. The van der Waals surface area contributed by atoms with E-state index in [9.17, 15) is 8.42 Å². The Balaban J connectivity index is 0.000000160. The highest BCUT2D eigenvalue weighted by atomic mass is 35.5. The van der Waals surface area contributed by atoms with Crippen molar-refractivity contribution in [3.63, 3.8) is 0 Å². The van der Waals surface area contributed by atoms with E-state index in [2.05, 4.69) is 21.3 Å². The second-order valence-corrected chi connectivity index (χ2v) is 8.51. The minimum Gasteiger partial charge on any atom is -0.365 e. The second kappa shape index (κ2) is 7.52. The molecule has 0 saturated carbocycles. The molecule has 2 fully saturated rings. The monoisotopic (exact) mass is 395 g/mol. The lowest BCUT2D eigenvalue weighted by Crippen LogP contribution is -2.55. The van der Waals surface area contributed by atoms with Crippen molar-refractivity contribution in [1.82, 2.24) is 10.3 Å². The van der Waals surface area contributed by atoms with Crippen LogP contribution in [0.15, 0.2) is 41.4 Å². The lowest BCUT2D eigenvalue weighted by Gasteiger charge is -2.45. The highest BCUT2D eigenvalue weighted by molar-refractivity contribution is 7.85. The molecule has 8 heteroatoms. The van der Waals surface area contributed by atoms with Gasteiger partial charge in [-0.2, -0.15) is 8.42 Å². The van der Waals surface area contributed by atoms with Crippen LogP contribution in [0.4, 0.5) is 5.69 Å². The molecule has 0 aliphatic carbocycles. The number of benzene rings is 1. The van der Waals surface area contributed by atoms with Gasteiger partial charge in [-0.1, -0.05) is 29.3 Å². The summed E-state index contributed by atoms with van der Waals surface area (Å²) in [5.74, 6) is 0.834. The number of nitrogens with one attached hydrogen (secondary N) is 1. The van der Waals surface area contributed by atoms with E-state index in [4.69, 9.17) is 16.2 Å². The minimum atomic E-state index is -4.02. The number of aryl methyl sites for hydroxylation is 2. The lowest BCUT2D eigenvalue weighted by molar-refractivity contribution is 0.365. The molecular formula is C18H22ClN3O3S. The van der Waals surface area contributed by atoms with Gasteiger partial charge in [0.15, 0.2) is 0 Å². The molecule has 0 unspecified atom stereocenters. The van der Waals surface area contributed by atoms with Gasteiger partial charge in [0.1, 0.15) is 5.15 Å². The highest BCUT2D eigenvalue weighted by Gasteiger charge is 2.42. The van der Waals surface area contributed by atoms with Crippen LogP contribution in [0.1, 0.15) is 11.1 Å². The van der Waals surface area contributed by atoms with E-state index >= 15 is 0 Å². The summed E-state index contributed by atoms with van der Waals surface area (Å²) in [5.41, 5.74) is 3.22. The number of hydrogen-bond donors (Lipinski definition) is 2. The Morgan fingerprint density at radius 3 is 2.50 bits per heavy atom. The van der Waals surface area contributed by atoms with Gasteiger partial charge < -0.3 is 10.2 Å². The standard InChI is InChI=1S/C11H14ClN3.C7H8O3S/c1-7-2-9(4-14-11(7)12)15-6-8-3-13-5-10(8)15;1-6-2-4-7(5-3-6)11(8,9)10/h2,4,8,10,13H,3,5-6H2,1H3;2-5H,1H3,(H,8,9,10)/t8-,10-;/m0./s1. The third-order valence-corrected chi connectivity index (χ3v) is 6.05. The third-order valence-electron chi connectivity index (χ3n) is 4.79. The number of fused-ring (bicyclic) bond motifs is 1. The Labute approximate surface area is 158 Å². The van der Waals surface area contributed by atoms with Gasteiger partial charge >= 0.3 is 0 Å². The van der Waals surface area contributed by atoms with Gasteiger partial charge in [-0.15, -0.1) is 0 Å². The lowest BCUT2D eigenvalue weighted by atomic mass is 9.91. The molecule has 0 amide bonds. The molecule has 0 radical (unpaired) electrons. The zero-order chi connectivity index (χ0) is 18.9. The normalized spacial score (nSPS) is 21.5. The van der Waals surface area contributed by atoms with Crippen molar-refractivity contribution in [2.75, 3.05) is 24.5 Å². The molecule has 26 heavy (non-hydrogen) atoms. The summed E-state index contributed by atoms with van der Waals surface area (Å²) in [6.45, 7) is 7.27. The number of rotatable bonds is 2. The first-order valence-corrected chi connectivity index (χ1v) is 10.2. The fourth-order valence-electron chi connectivity index (χ4n) is 3.23. The molecule has 2 atom stereocenters. The van der Waals surface area contributed by atoms with E-state index < -0.39 is 10.1 Å². The van der Waals surface area contributed by atoms with Crippen molar-refractivity contribution in [3.8, 4) is 0 Å². The fraction of sp³-hybridized carbons (Fsp3) is 0.389. The van der Waals surface area contributed by atoms with Crippen molar-refractivity contribution in [2.24, 2.45) is 5.92 Å². The Morgan fingerprint density at radius 1 is 1.23 bits per heavy atom. The van der Waals surface area contributed by atoms with Crippen LogP contribution in [-0.2, 0) is 10.1 Å². The summed E-state index contributed by atoms with van der Waals surface area (Å²) >= 11 is 5.92. The minimum absolute atomic E-state index is 0.0666. The second-order valence-electron chi connectivity index (χ2n) is 6.73. The summed E-state index contributed by atoms with van der Waals surface area (Å²) in [7, 11) is -4.02. The molecule has 2 saturated heterocycles. The van der Waals surface area contributed by atoms with Crippen LogP contribution in [-0.4, -0.2) is 43.6 Å². The fourth-order valence-corrected chi connectivity index (χ4v) is 3.81. The van der Waals surface area contributed by atoms with Crippen LogP contribution >= 0.6 is 11.6 Å². The van der Waals surface area contributed by atoms with Crippen LogP contribution in [0.25, 0.3) is 0 Å². The average molecular weight is 396 g/mol. The summed E-state index contributed by atoms with van der Waals surface area (Å²) < 4.78 is 29.6. The van der Waals surface area contributed by atoms with Gasteiger partial charge in [-0.25, -0.2) is 4.98 Å². The van der Waals surface area contributed by atoms with Crippen molar-refractivity contribution >= 4 is 27.4 Å². The molecule has 1 aromatic heterocycles. The van der Waals surface area contributed by atoms with Gasteiger partial charge in [0.05, 0.1) is 16.8 Å². The first-order chi connectivity index (χ1) is 12.3. The molecule has 2 aliphatic rings. The van der Waals surface area contributed by atoms with E-state index in [0.717, 1.165) is 30.1 Å². The molecule has 2 aromatic rings. The quantitative estimate of drug-likeness (QED) is 0.601. The summed E-state index contributed by atoms with van der Waals surface area (Å²) in [4.78, 5) is 6.55. The number of aromatic nitrogens is 1. The first kappa shape index (κ1) is 19.1. The zero-order valence-electron chi connectivity index (χ0n) is 14.7. The van der Waals surface area contributed by atoms with Crippen LogP contribution in [0.5, 0.6) is 0 Å². The predicted molar refractivity (Wildman–Crippen MR) is 102 cm³/mol. The Morgan fingerprint density at radius 2 is 1.92 bits per heavy atom. The van der Waals surface area contributed by atoms with Crippen molar-refractivity contribution < 1.29 is 13.0 Å². The van der Waals surface area contributed by atoms with Crippen LogP contribution in [0, 0.1) is 19.8 Å².